The lowest BCUT2D eigenvalue weighted by molar-refractivity contribution is 0.0959. The van der Waals surface area contributed by atoms with Crippen LogP contribution < -0.4 is 5.32 Å². The summed E-state index contributed by atoms with van der Waals surface area (Å²) in [5.41, 5.74) is 0.663. The van der Waals surface area contributed by atoms with Crippen molar-refractivity contribution in [2.24, 2.45) is 11.8 Å². The van der Waals surface area contributed by atoms with Gasteiger partial charge < -0.3 is 5.32 Å². The lowest BCUT2D eigenvalue weighted by Crippen LogP contribution is -2.29. The largest absolute Gasteiger partial charge is 0.313 e. The van der Waals surface area contributed by atoms with Gasteiger partial charge in [-0.25, -0.2) is 4.98 Å². The van der Waals surface area contributed by atoms with E-state index in [9.17, 15) is 4.79 Å². The van der Waals surface area contributed by atoms with Crippen LogP contribution in [0.15, 0.2) is 5.38 Å². The molecule has 3 atom stereocenters. The number of fused-ring (bicyclic) bond motifs is 1. The third-order valence-corrected chi connectivity index (χ3v) is 4.96. The van der Waals surface area contributed by atoms with Crippen LogP contribution in [0.1, 0.15) is 41.2 Å². The number of carbonyl (C=O) groups is 1. The number of Topliss-reactive ketones (excluding diaryl/α,β-unsaturated/α-hetero) is 1. The van der Waals surface area contributed by atoms with Gasteiger partial charge in [0.2, 0.25) is 0 Å². The van der Waals surface area contributed by atoms with Crippen LogP contribution >= 0.6 is 11.3 Å². The van der Waals surface area contributed by atoms with Crippen LogP contribution in [0.5, 0.6) is 0 Å². The number of carbonyl (C=O) groups excluding carboxylic acids is 1. The summed E-state index contributed by atoms with van der Waals surface area (Å²) in [4.78, 5) is 16.4. The molecule has 2 heterocycles. The molecular weight excluding hydrogens is 232 g/mol. The van der Waals surface area contributed by atoms with Gasteiger partial charge in [-0.05, 0) is 38.1 Å². The molecule has 4 heteroatoms. The minimum atomic E-state index is 0.208. The quantitative estimate of drug-likeness (QED) is 0.838. The van der Waals surface area contributed by atoms with Crippen molar-refractivity contribution in [2.75, 3.05) is 6.54 Å². The lowest BCUT2D eigenvalue weighted by atomic mass is 9.91. The first-order chi connectivity index (χ1) is 8.24. The normalized spacial score (nSPS) is 31.7. The molecule has 1 N–H and O–H groups in total. The number of hydrogen-bond donors (Lipinski definition) is 1. The van der Waals surface area contributed by atoms with E-state index in [0.29, 0.717) is 18.2 Å². The first kappa shape index (κ1) is 11.4. The Labute approximate surface area is 106 Å². The minimum Gasteiger partial charge on any atom is -0.313 e. The molecule has 3 nitrogen and oxygen atoms in total. The van der Waals surface area contributed by atoms with E-state index in [1.54, 1.807) is 11.3 Å². The predicted molar refractivity (Wildman–Crippen MR) is 68.4 cm³/mol. The van der Waals surface area contributed by atoms with E-state index in [4.69, 9.17) is 0 Å². The van der Waals surface area contributed by atoms with Gasteiger partial charge in [0.05, 0.1) is 5.01 Å². The number of nitrogens with zero attached hydrogens (tertiary/aromatic N) is 1. The Morgan fingerprint density at radius 2 is 2.47 bits per heavy atom. The summed E-state index contributed by atoms with van der Waals surface area (Å²) in [7, 11) is 0. The molecule has 17 heavy (non-hydrogen) atoms. The Morgan fingerprint density at radius 1 is 1.59 bits per heavy atom. The van der Waals surface area contributed by atoms with Crippen molar-refractivity contribution in [3.05, 3.63) is 16.1 Å². The smallest absolute Gasteiger partial charge is 0.183 e. The van der Waals surface area contributed by atoms with Crippen LogP contribution in [0.4, 0.5) is 0 Å². The van der Waals surface area contributed by atoms with Crippen LogP contribution in [-0.2, 0) is 0 Å². The maximum absolute atomic E-state index is 12.1. The Morgan fingerprint density at radius 3 is 3.24 bits per heavy atom. The average Bonchev–Trinajstić information content (AvgIpc) is 2.96. The molecular formula is C13H18N2OS. The van der Waals surface area contributed by atoms with E-state index in [1.165, 1.54) is 19.3 Å². The zero-order valence-electron chi connectivity index (χ0n) is 10.1. The Hall–Kier alpha value is -0.740. The highest BCUT2D eigenvalue weighted by atomic mass is 32.1. The average molecular weight is 250 g/mol. The van der Waals surface area contributed by atoms with Crippen LogP contribution in [0.2, 0.25) is 0 Å². The van der Waals surface area contributed by atoms with Gasteiger partial charge >= 0.3 is 0 Å². The monoisotopic (exact) mass is 250 g/mol. The molecule has 0 amide bonds. The second kappa shape index (κ2) is 4.50. The Bertz CT molecular complexity index is 429. The molecule has 1 aromatic rings. The number of rotatable bonds is 3. The summed E-state index contributed by atoms with van der Waals surface area (Å²) in [5, 5.41) is 6.39. The fourth-order valence-corrected chi connectivity index (χ4v) is 3.94. The topological polar surface area (TPSA) is 42.0 Å². The third-order valence-electron chi connectivity index (χ3n) is 4.19. The van der Waals surface area contributed by atoms with Crippen molar-refractivity contribution in [3.8, 4) is 0 Å². The molecule has 0 spiro atoms. The molecule has 1 saturated heterocycles. The maximum Gasteiger partial charge on any atom is 0.183 e. The second-order valence-corrected chi connectivity index (χ2v) is 6.31. The molecule has 3 unspecified atom stereocenters. The van der Waals surface area contributed by atoms with Crippen molar-refractivity contribution in [1.29, 1.82) is 0 Å². The van der Waals surface area contributed by atoms with Gasteiger partial charge in [-0.3, -0.25) is 4.79 Å². The second-order valence-electron chi connectivity index (χ2n) is 5.25. The summed E-state index contributed by atoms with van der Waals surface area (Å²) in [5.74, 6) is 1.77. The first-order valence-corrected chi connectivity index (χ1v) is 7.30. The first-order valence-electron chi connectivity index (χ1n) is 6.43. The zero-order valence-corrected chi connectivity index (χ0v) is 10.9. The molecule has 3 rings (SSSR count). The zero-order chi connectivity index (χ0) is 11.8. The minimum absolute atomic E-state index is 0.208. The fraction of sp³-hybridized carbons (Fsp3) is 0.692. The summed E-state index contributed by atoms with van der Waals surface area (Å²) in [6, 6.07) is 0.400. The van der Waals surface area contributed by atoms with Crippen molar-refractivity contribution >= 4 is 17.1 Å². The Balaban J connectivity index is 1.65. The van der Waals surface area contributed by atoms with Gasteiger partial charge in [0.15, 0.2) is 5.78 Å². The van der Waals surface area contributed by atoms with Gasteiger partial charge in [-0.1, -0.05) is 6.42 Å². The van der Waals surface area contributed by atoms with E-state index in [-0.39, 0.29) is 5.78 Å². The molecule has 1 aliphatic heterocycles. The molecule has 0 radical (unpaired) electrons. The molecule has 1 aromatic heterocycles. The van der Waals surface area contributed by atoms with Gasteiger partial charge in [0.25, 0.3) is 0 Å². The van der Waals surface area contributed by atoms with Crippen LogP contribution in [0.3, 0.4) is 0 Å². The van der Waals surface area contributed by atoms with Crippen LogP contribution in [-0.4, -0.2) is 23.4 Å². The van der Waals surface area contributed by atoms with E-state index in [0.717, 1.165) is 23.4 Å². The molecule has 0 aromatic carbocycles. The lowest BCUT2D eigenvalue weighted by Gasteiger charge is -2.16. The summed E-state index contributed by atoms with van der Waals surface area (Å²) in [6.45, 7) is 3.06. The summed E-state index contributed by atoms with van der Waals surface area (Å²) < 4.78 is 0. The van der Waals surface area contributed by atoms with Crippen LogP contribution in [0, 0.1) is 18.8 Å². The highest BCUT2D eigenvalue weighted by Crippen LogP contribution is 2.38. The number of aromatic nitrogens is 1. The Kier molecular flexibility index (Phi) is 3.01. The highest BCUT2D eigenvalue weighted by Gasteiger charge is 2.39. The number of thiazole rings is 1. The van der Waals surface area contributed by atoms with Crippen molar-refractivity contribution in [2.45, 2.75) is 38.6 Å². The van der Waals surface area contributed by atoms with Gasteiger partial charge in [-0.2, -0.15) is 0 Å². The SMILES string of the molecule is Cc1nc(C(=O)CC2NCC3CCCC32)cs1. The van der Waals surface area contributed by atoms with E-state index in [1.807, 2.05) is 12.3 Å². The van der Waals surface area contributed by atoms with E-state index >= 15 is 0 Å². The molecule has 1 saturated carbocycles. The van der Waals surface area contributed by atoms with Crippen LogP contribution in [0.25, 0.3) is 0 Å². The van der Waals surface area contributed by atoms with Crippen molar-refractivity contribution in [1.82, 2.24) is 10.3 Å². The van der Waals surface area contributed by atoms with Gasteiger partial charge in [-0.15, -0.1) is 11.3 Å². The maximum atomic E-state index is 12.1. The van der Waals surface area contributed by atoms with Crippen molar-refractivity contribution in [3.63, 3.8) is 0 Å². The highest BCUT2D eigenvalue weighted by molar-refractivity contribution is 7.09. The molecule has 1 aliphatic carbocycles. The fourth-order valence-electron chi connectivity index (χ4n) is 3.32. The number of nitrogens with one attached hydrogen (secondary N) is 1. The van der Waals surface area contributed by atoms with Gasteiger partial charge in [0.1, 0.15) is 5.69 Å². The van der Waals surface area contributed by atoms with E-state index < -0.39 is 0 Å². The van der Waals surface area contributed by atoms with Crippen molar-refractivity contribution < 1.29 is 4.79 Å². The standard InChI is InChI=1S/C13H18N2OS/c1-8-15-12(7-17-8)13(16)5-11-10-4-2-3-9(10)6-14-11/h7,9-11,14H,2-6H2,1H3. The summed E-state index contributed by atoms with van der Waals surface area (Å²) >= 11 is 1.56. The molecule has 2 aliphatic rings. The molecule has 2 fully saturated rings. The number of aryl methyl sites for hydroxylation is 1. The predicted octanol–water partition coefficient (Wildman–Crippen LogP) is 2.41. The van der Waals surface area contributed by atoms with Gasteiger partial charge in [0, 0.05) is 17.8 Å². The van der Waals surface area contributed by atoms with E-state index in [2.05, 4.69) is 10.3 Å². The third kappa shape index (κ3) is 2.16. The summed E-state index contributed by atoms with van der Waals surface area (Å²) in [6.07, 6.45) is 4.62. The number of ketones is 1. The molecule has 92 valence electrons. The number of hydrogen-bond acceptors (Lipinski definition) is 4. The molecule has 0 bridgehead atoms.